The Hall–Kier alpha value is -1.48. The van der Waals surface area contributed by atoms with E-state index in [0.717, 1.165) is 23.3 Å². The minimum absolute atomic E-state index is 0.489. The highest BCUT2D eigenvalue weighted by atomic mass is 35.5. The van der Waals surface area contributed by atoms with Crippen molar-refractivity contribution in [2.24, 2.45) is 5.92 Å². The lowest BCUT2D eigenvalue weighted by Gasteiger charge is -2.16. The molecule has 1 aliphatic carbocycles. The molecular formula is C15H18ClN3. The van der Waals surface area contributed by atoms with Crippen LogP contribution < -0.4 is 5.32 Å². The lowest BCUT2D eigenvalue weighted by molar-refractivity contribution is 0.444. The van der Waals surface area contributed by atoms with Crippen LogP contribution in [-0.2, 0) is 6.54 Å². The van der Waals surface area contributed by atoms with Crippen LogP contribution in [0.15, 0.2) is 36.5 Å². The van der Waals surface area contributed by atoms with Gasteiger partial charge in [-0.05, 0) is 43.4 Å². The molecule has 0 radical (unpaired) electrons. The van der Waals surface area contributed by atoms with Crippen LogP contribution in [0.4, 0.5) is 5.82 Å². The van der Waals surface area contributed by atoms with Crippen molar-refractivity contribution in [3.05, 3.63) is 47.1 Å². The summed E-state index contributed by atoms with van der Waals surface area (Å²) in [4.78, 5) is 0. The molecule has 0 unspecified atom stereocenters. The summed E-state index contributed by atoms with van der Waals surface area (Å²) >= 11 is 5.89. The van der Waals surface area contributed by atoms with Gasteiger partial charge in [-0.25, -0.2) is 4.68 Å². The van der Waals surface area contributed by atoms with E-state index in [1.807, 2.05) is 36.5 Å². The third-order valence-corrected chi connectivity index (χ3v) is 4.00. The van der Waals surface area contributed by atoms with Gasteiger partial charge in [-0.1, -0.05) is 23.7 Å². The molecule has 19 heavy (non-hydrogen) atoms. The number of nitrogens with one attached hydrogen (secondary N) is 1. The molecule has 0 bridgehead atoms. The number of hydrogen-bond acceptors (Lipinski definition) is 2. The van der Waals surface area contributed by atoms with E-state index in [-0.39, 0.29) is 0 Å². The highest BCUT2D eigenvalue weighted by molar-refractivity contribution is 6.30. The first kappa shape index (κ1) is 12.5. The van der Waals surface area contributed by atoms with E-state index in [1.54, 1.807) is 0 Å². The quantitative estimate of drug-likeness (QED) is 0.890. The van der Waals surface area contributed by atoms with Gasteiger partial charge in [-0.15, -0.1) is 0 Å². The van der Waals surface area contributed by atoms with Crippen LogP contribution in [0.25, 0.3) is 0 Å². The molecule has 0 spiro atoms. The van der Waals surface area contributed by atoms with Crippen molar-refractivity contribution in [3.63, 3.8) is 0 Å². The molecule has 2 aromatic rings. The van der Waals surface area contributed by atoms with Crippen molar-refractivity contribution in [2.75, 3.05) is 5.32 Å². The summed E-state index contributed by atoms with van der Waals surface area (Å²) in [5, 5.41) is 8.66. The van der Waals surface area contributed by atoms with E-state index < -0.39 is 0 Å². The zero-order valence-electron chi connectivity index (χ0n) is 11.0. The van der Waals surface area contributed by atoms with Crippen molar-refractivity contribution >= 4 is 17.4 Å². The highest BCUT2D eigenvalue weighted by Gasteiger charge is 2.30. The summed E-state index contributed by atoms with van der Waals surface area (Å²) < 4.78 is 2.10. The molecule has 1 heterocycles. The van der Waals surface area contributed by atoms with Gasteiger partial charge in [0.25, 0.3) is 0 Å². The van der Waals surface area contributed by atoms with Gasteiger partial charge in [-0.2, -0.15) is 5.10 Å². The first-order chi connectivity index (χ1) is 9.24. The van der Waals surface area contributed by atoms with Crippen LogP contribution >= 0.6 is 11.6 Å². The summed E-state index contributed by atoms with van der Waals surface area (Å²) in [5.41, 5.74) is 1.22. The maximum Gasteiger partial charge on any atom is 0.124 e. The van der Waals surface area contributed by atoms with Gasteiger partial charge in [0.15, 0.2) is 0 Å². The fourth-order valence-corrected chi connectivity index (χ4v) is 2.48. The second kappa shape index (κ2) is 5.25. The van der Waals surface area contributed by atoms with Gasteiger partial charge in [0, 0.05) is 17.6 Å². The van der Waals surface area contributed by atoms with Crippen LogP contribution in [0.5, 0.6) is 0 Å². The summed E-state index contributed by atoms with van der Waals surface area (Å²) in [6.45, 7) is 3.04. The molecular weight excluding hydrogens is 258 g/mol. The Morgan fingerprint density at radius 3 is 2.74 bits per heavy atom. The first-order valence-corrected chi connectivity index (χ1v) is 7.13. The molecule has 4 heteroatoms. The Kier molecular flexibility index (Phi) is 3.47. The van der Waals surface area contributed by atoms with E-state index in [4.69, 9.17) is 11.6 Å². The molecule has 1 N–H and O–H groups in total. The Bertz CT molecular complexity index is 543. The fourth-order valence-electron chi connectivity index (χ4n) is 2.35. The maximum absolute atomic E-state index is 5.89. The normalized spacial score (nSPS) is 16.3. The van der Waals surface area contributed by atoms with E-state index in [9.17, 15) is 0 Å². The van der Waals surface area contributed by atoms with Crippen molar-refractivity contribution in [3.8, 4) is 0 Å². The van der Waals surface area contributed by atoms with Crippen LogP contribution in [0.3, 0.4) is 0 Å². The zero-order chi connectivity index (χ0) is 13.2. The summed E-state index contributed by atoms with van der Waals surface area (Å²) in [7, 11) is 0. The van der Waals surface area contributed by atoms with Crippen LogP contribution in [0, 0.1) is 5.92 Å². The fraction of sp³-hybridized carbons (Fsp3) is 0.400. The van der Waals surface area contributed by atoms with Gasteiger partial charge in [0.05, 0.1) is 12.2 Å². The second-order valence-corrected chi connectivity index (χ2v) is 5.66. The lowest BCUT2D eigenvalue weighted by Crippen LogP contribution is -2.13. The monoisotopic (exact) mass is 275 g/mol. The topological polar surface area (TPSA) is 29.9 Å². The minimum atomic E-state index is 0.489. The number of benzene rings is 1. The highest BCUT2D eigenvalue weighted by Crippen LogP contribution is 2.40. The maximum atomic E-state index is 5.89. The number of aromatic nitrogens is 2. The third-order valence-electron chi connectivity index (χ3n) is 3.75. The third kappa shape index (κ3) is 2.92. The number of anilines is 1. The smallest absolute Gasteiger partial charge is 0.124 e. The molecule has 0 saturated heterocycles. The van der Waals surface area contributed by atoms with Crippen molar-refractivity contribution in [1.82, 2.24) is 9.78 Å². The molecule has 3 nitrogen and oxygen atoms in total. The molecule has 1 aromatic heterocycles. The minimum Gasteiger partial charge on any atom is -0.366 e. The molecule has 1 fully saturated rings. The van der Waals surface area contributed by atoms with E-state index >= 15 is 0 Å². The number of halogens is 1. The standard InChI is InChI=1S/C15H18ClN3/c1-11(13-4-5-13)19-15(8-9-18-19)17-10-12-2-6-14(16)7-3-12/h2-3,6-9,11,13,17H,4-5,10H2,1H3/t11-/m1/s1. The van der Waals surface area contributed by atoms with Gasteiger partial charge < -0.3 is 5.32 Å². The number of rotatable bonds is 5. The predicted molar refractivity (Wildman–Crippen MR) is 78.4 cm³/mol. The van der Waals surface area contributed by atoms with Crippen molar-refractivity contribution < 1.29 is 0 Å². The molecule has 3 rings (SSSR count). The molecule has 1 aromatic carbocycles. The summed E-state index contributed by atoms with van der Waals surface area (Å²) in [5.74, 6) is 1.89. The molecule has 100 valence electrons. The lowest BCUT2D eigenvalue weighted by atomic mass is 10.2. The van der Waals surface area contributed by atoms with E-state index in [2.05, 4.69) is 22.0 Å². The largest absolute Gasteiger partial charge is 0.366 e. The Balaban J connectivity index is 1.66. The van der Waals surface area contributed by atoms with Crippen molar-refractivity contribution in [1.29, 1.82) is 0 Å². The molecule has 1 atom stereocenters. The van der Waals surface area contributed by atoms with Crippen molar-refractivity contribution in [2.45, 2.75) is 32.4 Å². The molecule has 1 saturated carbocycles. The predicted octanol–water partition coefficient (Wildman–Crippen LogP) is 4.12. The Morgan fingerprint density at radius 1 is 1.32 bits per heavy atom. The van der Waals surface area contributed by atoms with Gasteiger partial charge in [0.2, 0.25) is 0 Å². The molecule has 0 amide bonds. The van der Waals surface area contributed by atoms with E-state index in [0.29, 0.717) is 6.04 Å². The van der Waals surface area contributed by atoms with Crippen LogP contribution in [0.1, 0.15) is 31.4 Å². The zero-order valence-corrected chi connectivity index (χ0v) is 11.8. The number of nitrogens with zero attached hydrogens (tertiary/aromatic N) is 2. The summed E-state index contributed by atoms with van der Waals surface area (Å²) in [6, 6.07) is 10.4. The van der Waals surface area contributed by atoms with E-state index in [1.165, 1.54) is 18.4 Å². The first-order valence-electron chi connectivity index (χ1n) is 6.76. The Labute approximate surface area is 118 Å². The second-order valence-electron chi connectivity index (χ2n) is 5.22. The SMILES string of the molecule is C[C@H](C1CC1)n1nccc1NCc1ccc(Cl)cc1. The molecule has 0 aliphatic heterocycles. The molecule has 1 aliphatic rings. The average molecular weight is 276 g/mol. The Morgan fingerprint density at radius 2 is 2.05 bits per heavy atom. The average Bonchev–Trinajstić information content (AvgIpc) is 3.16. The van der Waals surface area contributed by atoms with Crippen LogP contribution in [-0.4, -0.2) is 9.78 Å². The summed E-state index contributed by atoms with van der Waals surface area (Å²) in [6.07, 6.45) is 4.53. The van der Waals surface area contributed by atoms with Crippen LogP contribution in [0.2, 0.25) is 5.02 Å². The van der Waals surface area contributed by atoms with Gasteiger partial charge in [-0.3, -0.25) is 0 Å². The number of hydrogen-bond donors (Lipinski definition) is 1. The van der Waals surface area contributed by atoms with Gasteiger partial charge >= 0.3 is 0 Å². The van der Waals surface area contributed by atoms with Gasteiger partial charge in [0.1, 0.15) is 5.82 Å².